The van der Waals surface area contributed by atoms with E-state index in [4.69, 9.17) is 37.9 Å². The maximum atomic E-state index is 14.4. The van der Waals surface area contributed by atoms with Crippen LogP contribution in [-0.2, 0) is 47.5 Å². The Hall–Kier alpha value is -1.72. The Morgan fingerprint density at radius 2 is 1.84 bits per heavy atom. The Bertz CT molecular complexity index is 1850. The van der Waals surface area contributed by atoms with Crippen molar-refractivity contribution in [3.63, 3.8) is 0 Å². The second-order valence-electron chi connectivity index (χ2n) is 20.2. The largest absolute Gasteiger partial charge is 0.462 e. The van der Waals surface area contributed by atoms with Gasteiger partial charge in [-0.1, -0.05) is 84.4 Å². The highest BCUT2D eigenvalue weighted by atomic mass is 79.9. The van der Waals surface area contributed by atoms with Crippen LogP contribution in [0.5, 0.6) is 0 Å². The molecule has 63 heavy (non-hydrogen) atoms. The third kappa shape index (κ3) is 9.97. The zero-order valence-electron chi connectivity index (χ0n) is 38.6. The molecule has 0 aromatic heterocycles. The molecule has 2 aliphatic carbocycles. The van der Waals surface area contributed by atoms with Crippen molar-refractivity contribution in [3.8, 4) is 0 Å². The second-order valence-corrected chi connectivity index (χ2v) is 22.9. The second kappa shape index (κ2) is 19.5. The fraction of sp³-hybridized carbons (Fsp3) is 0.755. The Balaban J connectivity index is 1.17. The molecule has 0 aromatic rings. The Morgan fingerprint density at radius 3 is 2.54 bits per heavy atom. The van der Waals surface area contributed by atoms with Crippen LogP contribution in [0.15, 0.2) is 56.6 Å². The molecule has 1 saturated carbocycles. The Morgan fingerprint density at radius 1 is 1.10 bits per heavy atom. The number of allylic oxidation sites excluding steroid dienone is 3. The minimum Gasteiger partial charge on any atom is -0.462 e. The van der Waals surface area contributed by atoms with E-state index in [-0.39, 0.29) is 48.0 Å². The van der Waals surface area contributed by atoms with Gasteiger partial charge in [0.2, 0.25) is 0 Å². The molecule has 5 heterocycles. The van der Waals surface area contributed by atoms with Crippen LogP contribution in [0.25, 0.3) is 0 Å². The summed E-state index contributed by atoms with van der Waals surface area (Å²) >= 11 is 6.88. The average molecular weight is 1010 g/mol. The van der Waals surface area contributed by atoms with Crippen LogP contribution in [0.4, 0.5) is 0 Å². The Labute approximate surface area is 390 Å². The van der Waals surface area contributed by atoms with Crippen molar-refractivity contribution in [3.05, 3.63) is 56.6 Å². The average Bonchev–Trinajstić information content (AvgIpc) is 3.58. The van der Waals surface area contributed by atoms with Crippen LogP contribution < -0.4 is 0 Å². The summed E-state index contributed by atoms with van der Waals surface area (Å²) in [6.45, 7) is 18.5. The third-order valence-electron chi connectivity index (χ3n) is 15.4. The molecule has 5 aliphatic heterocycles. The first-order valence-electron chi connectivity index (χ1n) is 23.1. The number of carbonyl (C=O) groups excluding carboxylic acids is 2. The zero-order valence-corrected chi connectivity index (χ0v) is 41.8. The van der Waals surface area contributed by atoms with Crippen LogP contribution in [0.3, 0.4) is 0 Å². The van der Waals surface area contributed by atoms with E-state index in [2.05, 4.69) is 79.5 Å². The molecule has 5 fully saturated rings. The summed E-state index contributed by atoms with van der Waals surface area (Å²) in [5, 5.41) is 23.7. The minimum atomic E-state index is -1.83. The van der Waals surface area contributed by atoms with E-state index >= 15 is 0 Å². The van der Waals surface area contributed by atoms with E-state index in [1.807, 2.05) is 32.1 Å². The normalized spacial score (nSPS) is 46.5. The summed E-state index contributed by atoms with van der Waals surface area (Å²) in [5.41, 5.74) is -0.0805. The van der Waals surface area contributed by atoms with Crippen LogP contribution in [-0.4, -0.2) is 108 Å². The lowest BCUT2D eigenvalue weighted by Gasteiger charge is -2.51. The molecular weight excluding hydrogens is 940 g/mol. The summed E-state index contributed by atoms with van der Waals surface area (Å²) in [4.78, 5) is 27.9. The highest BCUT2D eigenvalue weighted by molar-refractivity contribution is 9.28. The predicted octanol–water partition coefficient (Wildman–Crippen LogP) is 8.52. The van der Waals surface area contributed by atoms with Crippen LogP contribution >= 0.6 is 31.9 Å². The third-order valence-corrected chi connectivity index (χ3v) is 15.9. The maximum Gasteiger partial charge on any atom is 0.316 e. The lowest BCUT2D eigenvalue weighted by Crippen LogP contribution is -2.58. The summed E-state index contributed by atoms with van der Waals surface area (Å²) in [7, 11) is 1.62. The van der Waals surface area contributed by atoms with Gasteiger partial charge in [-0.3, -0.25) is 9.59 Å². The topological polar surface area (TPSA) is 148 Å². The highest BCUT2D eigenvalue weighted by Crippen LogP contribution is 2.60. The quantitative estimate of drug-likeness (QED) is 0.177. The van der Waals surface area contributed by atoms with Gasteiger partial charge in [0.25, 0.3) is 0 Å². The van der Waals surface area contributed by atoms with Crippen LogP contribution in [0.1, 0.15) is 107 Å². The summed E-state index contributed by atoms with van der Waals surface area (Å²) < 4.78 is 52.8. The summed E-state index contributed by atoms with van der Waals surface area (Å²) in [6, 6.07) is 0. The van der Waals surface area contributed by atoms with Gasteiger partial charge in [-0.2, -0.15) is 0 Å². The first kappa shape index (κ1) is 49.2. The van der Waals surface area contributed by atoms with Crippen molar-refractivity contribution in [2.75, 3.05) is 13.7 Å². The van der Waals surface area contributed by atoms with Crippen molar-refractivity contribution in [2.24, 2.45) is 40.9 Å². The lowest BCUT2D eigenvalue weighted by molar-refractivity contribution is -0.340. The molecular formula is C49H70Br2O12. The number of esters is 2. The first-order valence-corrected chi connectivity index (χ1v) is 24.7. The summed E-state index contributed by atoms with van der Waals surface area (Å²) in [6.07, 6.45) is 9.85. The number of methoxy groups -OCH3 is 1. The van der Waals surface area contributed by atoms with E-state index in [1.54, 1.807) is 26.2 Å². The highest BCUT2D eigenvalue weighted by Gasteiger charge is 2.63. The molecule has 0 aromatic carbocycles. The zero-order chi connectivity index (χ0) is 45.8. The number of rotatable bonds is 8. The van der Waals surface area contributed by atoms with Gasteiger partial charge in [-0.15, -0.1) is 0 Å². The fourth-order valence-electron chi connectivity index (χ4n) is 11.2. The van der Waals surface area contributed by atoms with Crippen molar-refractivity contribution in [2.45, 2.75) is 180 Å². The smallest absolute Gasteiger partial charge is 0.316 e. The van der Waals surface area contributed by atoms with E-state index in [0.29, 0.717) is 55.1 Å². The van der Waals surface area contributed by atoms with Crippen LogP contribution in [0.2, 0.25) is 0 Å². The van der Waals surface area contributed by atoms with Crippen LogP contribution in [0, 0.1) is 40.9 Å². The van der Waals surface area contributed by atoms with Crippen molar-refractivity contribution in [1.29, 1.82) is 0 Å². The van der Waals surface area contributed by atoms with Gasteiger partial charge in [0.1, 0.15) is 35.9 Å². The standard InChI is InChI=1S/C49H70Br2O12/c1-11-25(2)42-28(5)17-18-48(63-42)23-33-20-32(62-48)16-15-27(4)41(26(3)13-12-14-31-24-57-44-40(52)29(6)19-35(45(53)59-33)49(31,44)55)60-38-22-36(56-10)43(30(7)58-38)61-46(54)39-34(21-37(50)51)47(39,8)9/h12-15,19,21,25-26,28,30,32-36,38-44,52,55H,11,16-18,20,22-24H2,1-10H3/b13-12+,27-15+,31-14+/t25?,26-,28-,30-,32+,33-,34?,35-,36-,38-,39?,40+,41-,42+,43-,44+,48?,49+/m0/s1. The van der Waals surface area contributed by atoms with Gasteiger partial charge < -0.3 is 48.1 Å². The molecule has 7 aliphatic rings. The molecule has 1 spiro atoms. The number of fused-ring (bicyclic) bond motifs is 2. The number of hydrogen-bond acceptors (Lipinski definition) is 12. The van der Waals surface area contributed by atoms with Crippen molar-refractivity contribution >= 4 is 43.8 Å². The molecule has 14 heteroatoms. The molecule has 18 atom stereocenters. The fourth-order valence-corrected chi connectivity index (χ4v) is 11.8. The molecule has 2 bridgehead atoms. The number of halogens is 2. The van der Waals surface area contributed by atoms with E-state index in [1.165, 1.54) is 0 Å². The van der Waals surface area contributed by atoms with Gasteiger partial charge in [0, 0.05) is 38.7 Å². The molecule has 352 valence electrons. The van der Waals surface area contributed by atoms with E-state index in [0.717, 1.165) is 21.8 Å². The number of aliphatic hydroxyl groups excluding tert-OH is 1. The SMILES string of the molecule is CCC(C)[C@H]1OC2(CC[C@@H]1C)C[C@@H]1C[C@@H](C/C=C(\C)[C@@H](O[C@H]3C[C@H](OC)[C@@H](OC(=O)C4C(C=C(Br)Br)C4(C)C)[C@H](C)O3)[C@@H](C)/C=C/C=C3\CO[C@@H]4[C@H](O)C(C)=C[C@@H](C(=O)O1)[C@]34O)O2. The van der Waals surface area contributed by atoms with Gasteiger partial charge in [0.15, 0.2) is 18.2 Å². The van der Waals surface area contributed by atoms with Gasteiger partial charge in [-0.05, 0) is 105 Å². The van der Waals surface area contributed by atoms with E-state index < -0.39 is 72.3 Å². The molecule has 2 N–H and O–H groups in total. The molecule has 0 amide bonds. The van der Waals surface area contributed by atoms with Gasteiger partial charge in [-0.25, -0.2) is 0 Å². The molecule has 4 unspecified atom stereocenters. The van der Waals surface area contributed by atoms with Gasteiger partial charge in [0.05, 0.1) is 40.3 Å². The molecule has 12 nitrogen and oxygen atoms in total. The number of ether oxygens (including phenoxy) is 8. The Kier molecular flexibility index (Phi) is 15.2. The minimum absolute atomic E-state index is 0.0113. The maximum absolute atomic E-state index is 14.4. The monoisotopic (exact) mass is 1010 g/mol. The number of carbonyl (C=O) groups is 2. The number of aliphatic hydroxyl groups is 2. The predicted molar refractivity (Wildman–Crippen MR) is 243 cm³/mol. The van der Waals surface area contributed by atoms with E-state index in [9.17, 15) is 19.8 Å². The van der Waals surface area contributed by atoms with Crippen molar-refractivity contribution < 1.29 is 57.7 Å². The molecule has 4 saturated heterocycles. The summed E-state index contributed by atoms with van der Waals surface area (Å²) in [5.74, 6) is -2.66. The number of hydrogen-bond donors (Lipinski definition) is 2. The molecule has 7 rings (SSSR count). The van der Waals surface area contributed by atoms with Gasteiger partial charge >= 0.3 is 11.9 Å². The lowest BCUT2D eigenvalue weighted by atomic mass is 9.71. The molecule has 0 radical (unpaired) electrons. The van der Waals surface area contributed by atoms with Crippen molar-refractivity contribution in [1.82, 2.24) is 0 Å². The first-order chi connectivity index (χ1) is 29.7.